The highest BCUT2D eigenvalue weighted by molar-refractivity contribution is 5.89. The van der Waals surface area contributed by atoms with Crippen LogP contribution in [0, 0.1) is 5.92 Å². The van der Waals surface area contributed by atoms with Gasteiger partial charge in [0.25, 0.3) is 0 Å². The molecule has 9 rings (SSSR count). The van der Waals surface area contributed by atoms with E-state index in [1.165, 1.54) is 18.4 Å². The summed E-state index contributed by atoms with van der Waals surface area (Å²) in [6.45, 7) is 5.08. The zero-order valence-corrected chi connectivity index (χ0v) is 34.6. The summed E-state index contributed by atoms with van der Waals surface area (Å²) in [5.41, 5.74) is 5.44. The number of urea groups is 1. The van der Waals surface area contributed by atoms with Crippen LogP contribution in [0.15, 0.2) is 67.0 Å². The highest BCUT2D eigenvalue weighted by Gasteiger charge is 2.51. The van der Waals surface area contributed by atoms with Gasteiger partial charge in [-0.05, 0) is 92.2 Å². The Balaban J connectivity index is 0.917. The first-order valence-corrected chi connectivity index (χ1v) is 21.2. The van der Waals surface area contributed by atoms with Gasteiger partial charge in [-0.15, -0.1) is 0 Å². The Morgan fingerprint density at radius 1 is 0.763 bits per heavy atom. The summed E-state index contributed by atoms with van der Waals surface area (Å²) in [6, 6.07) is 16.1. The number of nitrogens with zero attached hydrogens (tertiary/aromatic N) is 4. The van der Waals surface area contributed by atoms with Crippen molar-refractivity contribution in [3.63, 3.8) is 0 Å². The molecule has 2 aromatic heterocycles. The SMILES string of the molecule is CNC(=O)N[C@@H](C(=O)N1CCC[C@H]1c1ncc(-c2ccc(C34CCC(c5cnc([C@@H]6CCCN6C(=O)[C@@H](NC(=O)OC)C(C)C)[nH]5)(CC3)CC4)cc2)[nH]1)c1ccccc1. The van der Waals surface area contributed by atoms with E-state index in [9.17, 15) is 19.2 Å². The molecule has 59 heavy (non-hydrogen) atoms. The van der Waals surface area contributed by atoms with E-state index in [4.69, 9.17) is 14.7 Å². The van der Waals surface area contributed by atoms with Crippen LogP contribution < -0.4 is 16.0 Å². The number of methoxy groups -OCH3 is 1. The number of nitrogens with one attached hydrogen (secondary N) is 5. The van der Waals surface area contributed by atoms with E-state index in [1.54, 1.807) is 7.05 Å². The molecule has 5 amide bonds. The van der Waals surface area contributed by atoms with E-state index in [0.717, 1.165) is 92.7 Å². The van der Waals surface area contributed by atoms with Gasteiger partial charge in [0.1, 0.15) is 23.7 Å². The molecule has 4 aromatic rings. The number of hydrogen-bond donors (Lipinski definition) is 5. The number of H-pyrrole nitrogens is 2. The lowest BCUT2D eigenvalue weighted by molar-refractivity contribution is -0.135. The lowest BCUT2D eigenvalue weighted by Crippen LogP contribution is -2.51. The smallest absolute Gasteiger partial charge is 0.407 e. The molecule has 0 unspecified atom stereocenters. The van der Waals surface area contributed by atoms with Crippen molar-refractivity contribution in [1.29, 1.82) is 0 Å². The Labute approximate surface area is 345 Å². The van der Waals surface area contributed by atoms with Gasteiger partial charge < -0.3 is 40.5 Å². The molecular formula is C45H57N9O5. The average Bonchev–Trinajstić information content (AvgIpc) is 4.12. The third kappa shape index (κ3) is 7.69. The number of ether oxygens (including phenoxy) is 1. The van der Waals surface area contributed by atoms with Gasteiger partial charge in [0.15, 0.2) is 0 Å². The number of fused-ring (bicyclic) bond motifs is 3. The Kier molecular flexibility index (Phi) is 11.2. The molecule has 5 N–H and O–H groups in total. The van der Waals surface area contributed by atoms with Gasteiger partial charge in [-0.2, -0.15) is 0 Å². The van der Waals surface area contributed by atoms with Crippen LogP contribution in [-0.4, -0.2) is 87.0 Å². The molecule has 4 heterocycles. The number of likely N-dealkylation sites (tertiary alicyclic amines) is 2. The van der Waals surface area contributed by atoms with E-state index in [0.29, 0.717) is 13.1 Å². The number of amides is 5. The molecule has 312 valence electrons. The number of aromatic amines is 2. The van der Waals surface area contributed by atoms with Gasteiger partial charge in [-0.1, -0.05) is 68.4 Å². The standard InChI is InChI=1S/C45H57N9O5/c1-28(2)36(52-43(58)59-4)40(55)53-24-9-13-34(53)39-48-27-35(50-39)45-21-18-44(19-22-45,20-23-45)31-16-14-29(15-17-31)32-26-47-38(49-32)33-12-8-25-54(33)41(56)37(51-42(57)46-3)30-10-6-5-7-11-30/h5-7,10-11,14-17,26-28,33-34,36-37H,8-9,12-13,18-25H2,1-4H3,(H,47,49)(H,48,50)(H,52,58)(H2,46,51,57)/t33-,34-,36-,37+,44?,45?/m0/s1. The summed E-state index contributed by atoms with van der Waals surface area (Å²) in [5.74, 6) is 1.25. The minimum Gasteiger partial charge on any atom is -0.453 e. The summed E-state index contributed by atoms with van der Waals surface area (Å²) in [4.78, 5) is 72.7. The number of hydrogen-bond acceptors (Lipinski definition) is 7. The van der Waals surface area contributed by atoms with Gasteiger partial charge in [-0.3, -0.25) is 9.59 Å². The third-order valence-electron chi connectivity index (χ3n) is 13.8. The maximum atomic E-state index is 14.0. The second-order valence-electron chi connectivity index (χ2n) is 17.3. The highest BCUT2D eigenvalue weighted by Crippen LogP contribution is 2.58. The number of alkyl carbamates (subject to hydrolysis) is 1. The maximum Gasteiger partial charge on any atom is 0.407 e. The number of rotatable bonds is 11. The topological polar surface area (TPSA) is 177 Å². The Hall–Kier alpha value is -5.66. The summed E-state index contributed by atoms with van der Waals surface area (Å²) >= 11 is 0. The second-order valence-corrected chi connectivity index (χ2v) is 17.3. The quantitative estimate of drug-likeness (QED) is 0.112. The van der Waals surface area contributed by atoms with Crippen molar-refractivity contribution < 1.29 is 23.9 Å². The molecule has 3 saturated carbocycles. The van der Waals surface area contributed by atoms with Gasteiger partial charge in [0.2, 0.25) is 11.8 Å². The van der Waals surface area contributed by atoms with E-state index in [2.05, 4.69) is 50.2 Å². The van der Waals surface area contributed by atoms with E-state index in [1.807, 2.05) is 66.4 Å². The van der Waals surface area contributed by atoms with Crippen LogP contribution in [0.4, 0.5) is 9.59 Å². The van der Waals surface area contributed by atoms with Gasteiger partial charge in [0.05, 0.1) is 31.1 Å². The van der Waals surface area contributed by atoms with Crippen molar-refractivity contribution in [2.24, 2.45) is 5.92 Å². The predicted octanol–water partition coefficient (Wildman–Crippen LogP) is 6.72. The number of carbonyl (C=O) groups is 4. The van der Waals surface area contributed by atoms with E-state index in [-0.39, 0.29) is 40.6 Å². The lowest BCUT2D eigenvalue weighted by Gasteiger charge is -2.53. The van der Waals surface area contributed by atoms with Gasteiger partial charge in [-0.25, -0.2) is 19.6 Å². The first-order chi connectivity index (χ1) is 28.5. The monoisotopic (exact) mass is 803 g/mol. The fraction of sp³-hybridized carbons (Fsp3) is 0.511. The molecule has 3 aliphatic carbocycles. The molecule has 2 aromatic carbocycles. The zero-order valence-electron chi connectivity index (χ0n) is 34.6. The minimum absolute atomic E-state index is 0.0503. The third-order valence-corrected chi connectivity index (χ3v) is 13.8. The van der Waals surface area contributed by atoms with Crippen molar-refractivity contribution >= 4 is 23.9 Å². The Morgan fingerprint density at radius 3 is 1.97 bits per heavy atom. The molecule has 14 heteroatoms. The van der Waals surface area contributed by atoms with Crippen LogP contribution in [0.1, 0.15) is 125 Å². The summed E-state index contributed by atoms with van der Waals surface area (Å²) in [7, 11) is 2.85. The summed E-state index contributed by atoms with van der Waals surface area (Å²) in [6.07, 6.45) is 13.2. The number of benzene rings is 2. The molecule has 0 spiro atoms. The fourth-order valence-electron chi connectivity index (χ4n) is 10.3. The maximum absolute atomic E-state index is 14.0. The zero-order chi connectivity index (χ0) is 41.3. The number of imidazole rings is 2. The molecule has 2 saturated heterocycles. The van der Waals surface area contributed by atoms with Crippen LogP contribution in [-0.2, 0) is 25.2 Å². The molecular weight excluding hydrogens is 747 g/mol. The second kappa shape index (κ2) is 16.5. The first kappa shape index (κ1) is 40.1. The summed E-state index contributed by atoms with van der Waals surface area (Å²) < 4.78 is 4.80. The van der Waals surface area contributed by atoms with Crippen LogP contribution in [0.3, 0.4) is 0 Å². The molecule has 2 aliphatic heterocycles. The van der Waals surface area contributed by atoms with Crippen molar-refractivity contribution in [3.05, 3.63) is 95.5 Å². The lowest BCUT2D eigenvalue weighted by atomic mass is 9.51. The molecule has 5 aliphatic rings. The molecule has 14 nitrogen and oxygen atoms in total. The average molecular weight is 804 g/mol. The molecule has 5 fully saturated rings. The van der Waals surface area contributed by atoms with Crippen LogP contribution in [0.25, 0.3) is 11.3 Å². The predicted molar refractivity (Wildman–Crippen MR) is 222 cm³/mol. The molecule has 4 atom stereocenters. The molecule has 2 bridgehead atoms. The van der Waals surface area contributed by atoms with Crippen molar-refractivity contribution in [3.8, 4) is 11.3 Å². The normalized spacial score (nSPS) is 24.8. The van der Waals surface area contributed by atoms with Crippen molar-refractivity contribution in [2.75, 3.05) is 27.2 Å². The van der Waals surface area contributed by atoms with E-state index >= 15 is 0 Å². The largest absolute Gasteiger partial charge is 0.453 e. The Morgan fingerprint density at radius 2 is 1.36 bits per heavy atom. The van der Waals surface area contributed by atoms with E-state index < -0.39 is 24.2 Å². The fourth-order valence-corrected chi connectivity index (χ4v) is 10.3. The first-order valence-electron chi connectivity index (χ1n) is 21.2. The molecule has 0 radical (unpaired) electrons. The van der Waals surface area contributed by atoms with Crippen LogP contribution in [0.2, 0.25) is 0 Å². The Bertz CT molecular complexity index is 2120. The van der Waals surface area contributed by atoms with Crippen LogP contribution in [0.5, 0.6) is 0 Å². The van der Waals surface area contributed by atoms with Crippen LogP contribution >= 0.6 is 0 Å². The number of carbonyl (C=O) groups excluding carboxylic acids is 4. The van der Waals surface area contributed by atoms with Crippen molar-refractivity contribution in [1.82, 2.24) is 45.7 Å². The number of aromatic nitrogens is 4. The highest BCUT2D eigenvalue weighted by atomic mass is 16.5. The van der Waals surface area contributed by atoms with Gasteiger partial charge in [0, 0.05) is 37.4 Å². The van der Waals surface area contributed by atoms with Gasteiger partial charge >= 0.3 is 12.1 Å². The van der Waals surface area contributed by atoms with Crippen molar-refractivity contribution in [2.45, 2.75) is 113 Å². The minimum atomic E-state index is -0.804. The summed E-state index contributed by atoms with van der Waals surface area (Å²) in [5, 5.41) is 8.16.